The van der Waals surface area contributed by atoms with E-state index in [2.05, 4.69) is 54.9 Å². The van der Waals surface area contributed by atoms with E-state index in [1.807, 2.05) is 0 Å². The van der Waals surface area contributed by atoms with Crippen LogP contribution in [0.5, 0.6) is 0 Å². The van der Waals surface area contributed by atoms with Gasteiger partial charge in [0.05, 0.1) is 6.54 Å². The summed E-state index contributed by atoms with van der Waals surface area (Å²) in [5.41, 5.74) is 1.31. The van der Waals surface area contributed by atoms with Crippen LogP contribution in [0.3, 0.4) is 0 Å². The molecule has 2 unspecified atom stereocenters. The number of benzene rings is 1. The Kier molecular flexibility index (Phi) is 4.18. The van der Waals surface area contributed by atoms with Crippen molar-refractivity contribution in [3.63, 3.8) is 0 Å². The van der Waals surface area contributed by atoms with E-state index >= 15 is 0 Å². The van der Waals surface area contributed by atoms with Crippen LogP contribution in [-0.2, 0) is 13.1 Å². The van der Waals surface area contributed by atoms with Gasteiger partial charge < -0.3 is 9.73 Å². The standard InChI is InChI=1S/C17H21NOS/c1-12-9-16(12)17-8-5-14(19-17)11-18-10-13-3-6-15(20-2)7-4-13/h3-8,12,16,18H,9-11H2,1-2H3. The van der Waals surface area contributed by atoms with Crippen LogP contribution in [0.1, 0.15) is 36.3 Å². The topological polar surface area (TPSA) is 25.2 Å². The van der Waals surface area contributed by atoms with Crippen molar-refractivity contribution in [2.45, 2.75) is 37.2 Å². The highest BCUT2D eigenvalue weighted by Crippen LogP contribution is 2.47. The molecule has 0 saturated heterocycles. The van der Waals surface area contributed by atoms with Crippen LogP contribution in [0.4, 0.5) is 0 Å². The molecule has 1 aliphatic carbocycles. The van der Waals surface area contributed by atoms with Crippen LogP contribution in [0, 0.1) is 5.92 Å². The van der Waals surface area contributed by atoms with Crippen molar-refractivity contribution in [2.75, 3.05) is 6.26 Å². The third-order valence-electron chi connectivity index (χ3n) is 3.94. The Balaban J connectivity index is 1.48. The zero-order valence-electron chi connectivity index (χ0n) is 12.1. The minimum Gasteiger partial charge on any atom is -0.464 e. The quantitative estimate of drug-likeness (QED) is 0.796. The van der Waals surface area contributed by atoms with E-state index in [4.69, 9.17) is 4.42 Å². The summed E-state index contributed by atoms with van der Waals surface area (Å²) in [6.07, 6.45) is 3.38. The SMILES string of the molecule is CSc1ccc(CNCc2ccc(C3CC3C)o2)cc1. The average Bonchev–Trinajstić information content (AvgIpc) is 3.01. The molecule has 0 radical (unpaired) electrons. The Bertz CT molecular complexity index is 561. The molecule has 1 saturated carbocycles. The second-order valence-corrected chi connectivity index (χ2v) is 6.45. The summed E-state index contributed by atoms with van der Waals surface area (Å²) in [4.78, 5) is 1.31. The summed E-state index contributed by atoms with van der Waals surface area (Å²) in [6.45, 7) is 3.96. The van der Waals surface area contributed by atoms with E-state index in [0.717, 1.165) is 24.8 Å². The van der Waals surface area contributed by atoms with E-state index < -0.39 is 0 Å². The first kappa shape index (κ1) is 13.8. The van der Waals surface area contributed by atoms with Crippen LogP contribution in [-0.4, -0.2) is 6.26 Å². The lowest BCUT2D eigenvalue weighted by Gasteiger charge is -2.04. The molecule has 106 valence electrons. The van der Waals surface area contributed by atoms with Gasteiger partial charge in [0.15, 0.2) is 0 Å². The summed E-state index contributed by atoms with van der Waals surface area (Å²) >= 11 is 1.77. The minimum atomic E-state index is 0.669. The molecule has 2 aromatic rings. The van der Waals surface area contributed by atoms with E-state index in [1.54, 1.807) is 11.8 Å². The van der Waals surface area contributed by atoms with Gasteiger partial charge in [-0.3, -0.25) is 0 Å². The van der Waals surface area contributed by atoms with Gasteiger partial charge in [0, 0.05) is 17.4 Å². The van der Waals surface area contributed by atoms with Crippen LogP contribution >= 0.6 is 11.8 Å². The number of nitrogens with one attached hydrogen (secondary N) is 1. The molecule has 0 aliphatic heterocycles. The maximum absolute atomic E-state index is 5.89. The predicted octanol–water partition coefficient (Wildman–Crippen LogP) is 4.41. The van der Waals surface area contributed by atoms with Gasteiger partial charge in [-0.15, -0.1) is 11.8 Å². The van der Waals surface area contributed by atoms with Crippen molar-refractivity contribution in [1.82, 2.24) is 5.32 Å². The molecule has 0 spiro atoms. The molecule has 3 heteroatoms. The summed E-state index contributed by atoms with van der Waals surface area (Å²) in [6, 6.07) is 12.9. The van der Waals surface area contributed by atoms with Crippen LogP contribution < -0.4 is 5.32 Å². The Hall–Kier alpha value is -1.19. The highest BCUT2D eigenvalue weighted by Gasteiger charge is 2.36. The van der Waals surface area contributed by atoms with Gasteiger partial charge in [-0.1, -0.05) is 19.1 Å². The maximum atomic E-state index is 5.89. The molecule has 3 rings (SSSR count). The lowest BCUT2D eigenvalue weighted by Crippen LogP contribution is -2.11. The summed E-state index contributed by atoms with van der Waals surface area (Å²) in [7, 11) is 0. The molecule has 1 aromatic heterocycles. The van der Waals surface area contributed by atoms with Gasteiger partial charge in [-0.05, 0) is 48.4 Å². The van der Waals surface area contributed by atoms with E-state index in [1.165, 1.54) is 22.6 Å². The van der Waals surface area contributed by atoms with Gasteiger partial charge in [-0.25, -0.2) is 0 Å². The number of rotatable bonds is 6. The van der Waals surface area contributed by atoms with Gasteiger partial charge in [-0.2, -0.15) is 0 Å². The Labute approximate surface area is 125 Å². The Morgan fingerprint density at radius 1 is 1.15 bits per heavy atom. The maximum Gasteiger partial charge on any atom is 0.117 e. The second-order valence-electron chi connectivity index (χ2n) is 5.58. The number of hydrogen-bond donors (Lipinski definition) is 1. The van der Waals surface area contributed by atoms with E-state index in [-0.39, 0.29) is 0 Å². The molecule has 2 nitrogen and oxygen atoms in total. The smallest absolute Gasteiger partial charge is 0.117 e. The van der Waals surface area contributed by atoms with Crippen LogP contribution in [0.15, 0.2) is 45.7 Å². The molecule has 1 aromatic carbocycles. The normalized spacial score (nSPS) is 21.1. The first-order valence-corrected chi connectivity index (χ1v) is 8.41. The monoisotopic (exact) mass is 287 g/mol. The van der Waals surface area contributed by atoms with Crippen molar-refractivity contribution >= 4 is 11.8 Å². The van der Waals surface area contributed by atoms with Crippen LogP contribution in [0.25, 0.3) is 0 Å². The predicted molar refractivity (Wildman–Crippen MR) is 84.0 cm³/mol. The zero-order valence-corrected chi connectivity index (χ0v) is 12.9. The average molecular weight is 287 g/mol. The fourth-order valence-electron chi connectivity index (χ4n) is 2.48. The first-order chi connectivity index (χ1) is 9.76. The molecular formula is C17H21NOS. The number of furan rings is 1. The molecule has 20 heavy (non-hydrogen) atoms. The zero-order chi connectivity index (χ0) is 13.9. The highest BCUT2D eigenvalue weighted by atomic mass is 32.2. The summed E-state index contributed by atoms with van der Waals surface area (Å²) in [5, 5.41) is 3.44. The highest BCUT2D eigenvalue weighted by molar-refractivity contribution is 7.98. The van der Waals surface area contributed by atoms with Crippen molar-refractivity contribution in [3.8, 4) is 0 Å². The molecule has 1 fully saturated rings. The Morgan fingerprint density at radius 3 is 2.55 bits per heavy atom. The van der Waals surface area contributed by atoms with Crippen molar-refractivity contribution in [2.24, 2.45) is 5.92 Å². The van der Waals surface area contributed by atoms with E-state index in [0.29, 0.717) is 5.92 Å². The fourth-order valence-corrected chi connectivity index (χ4v) is 2.89. The summed E-state index contributed by atoms with van der Waals surface area (Å²) < 4.78 is 5.89. The number of thioether (sulfide) groups is 1. The second kappa shape index (κ2) is 6.06. The minimum absolute atomic E-state index is 0.669. The number of hydrogen-bond acceptors (Lipinski definition) is 3. The molecule has 2 atom stereocenters. The van der Waals surface area contributed by atoms with Gasteiger partial charge >= 0.3 is 0 Å². The molecule has 1 aliphatic rings. The van der Waals surface area contributed by atoms with Crippen molar-refractivity contribution < 1.29 is 4.42 Å². The van der Waals surface area contributed by atoms with Gasteiger partial charge in [0.1, 0.15) is 11.5 Å². The molecule has 1 heterocycles. The van der Waals surface area contributed by atoms with E-state index in [9.17, 15) is 0 Å². The van der Waals surface area contributed by atoms with Gasteiger partial charge in [0.25, 0.3) is 0 Å². The lowest BCUT2D eigenvalue weighted by atomic mass is 10.2. The molecular weight excluding hydrogens is 266 g/mol. The van der Waals surface area contributed by atoms with Crippen LogP contribution in [0.2, 0.25) is 0 Å². The van der Waals surface area contributed by atoms with Gasteiger partial charge in [0.2, 0.25) is 0 Å². The third-order valence-corrected chi connectivity index (χ3v) is 4.69. The summed E-state index contributed by atoms with van der Waals surface area (Å²) in [5.74, 6) is 3.68. The lowest BCUT2D eigenvalue weighted by molar-refractivity contribution is 0.444. The van der Waals surface area contributed by atoms with Crippen molar-refractivity contribution in [1.29, 1.82) is 0 Å². The van der Waals surface area contributed by atoms with Crippen molar-refractivity contribution in [3.05, 3.63) is 53.5 Å². The third kappa shape index (κ3) is 3.28. The fraction of sp³-hybridized carbons (Fsp3) is 0.412. The first-order valence-electron chi connectivity index (χ1n) is 7.18. The Morgan fingerprint density at radius 2 is 1.90 bits per heavy atom. The molecule has 0 bridgehead atoms. The molecule has 1 N–H and O–H groups in total. The largest absolute Gasteiger partial charge is 0.464 e. The molecule has 0 amide bonds.